The molecule has 5 rings (SSSR count). The fourth-order valence-corrected chi connectivity index (χ4v) is 4.80. The second-order valence-corrected chi connectivity index (χ2v) is 9.39. The molecule has 0 unspecified atom stereocenters. The van der Waals surface area contributed by atoms with Gasteiger partial charge in [0.2, 0.25) is 0 Å². The number of aryl methyl sites for hydroxylation is 1. The summed E-state index contributed by atoms with van der Waals surface area (Å²) in [5, 5.41) is 21.3. The maximum atomic E-state index is 13.8. The first-order valence-corrected chi connectivity index (χ1v) is 11.9. The van der Waals surface area contributed by atoms with E-state index in [9.17, 15) is 14.8 Å². The van der Waals surface area contributed by atoms with Crippen molar-refractivity contribution in [3.8, 4) is 17.3 Å². The van der Waals surface area contributed by atoms with Gasteiger partial charge in [0.1, 0.15) is 41.0 Å². The number of piperidine rings is 1. The van der Waals surface area contributed by atoms with E-state index in [1.807, 2.05) is 15.7 Å². The Labute approximate surface area is 203 Å². The highest BCUT2D eigenvalue weighted by Crippen LogP contribution is 2.36. The molecule has 1 aromatic carbocycles. The lowest BCUT2D eigenvalue weighted by Gasteiger charge is -2.39. The molecule has 35 heavy (non-hydrogen) atoms. The van der Waals surface area contributed by atoms with Gasteiger partial charge in [-0.05, 0) is 50.2 Å². The highest BCUT2D eigenvalue weighted by atomic mass is 19.1. The fourth-order valence-electron chi connectivity index (χ4n) is 4.80. The van der Waals surface area contributed by atoms with Crippen LogP contribution in [-0.2, 0) is 12.1 Å². The van der Waals surface area contributed by atoms with Crippen molar-refractivity contribution < 1.29 is 9.50 Å². The summed E-state index contributed by atoms with van der Waals surface area (Å²) in [4.78, 5) is 17.4. The maximum absolute atomic E-state index is 13.8. The molecule has 2 aliphatic rings. The number of aromatic nitrogens is 4. The zero-order chi connectivity index (χ0) is 24.6. The Balaban J connectivity index is 1.42. The average molecular weight is 477 g/mol. The smallest absolute Gasteiger partial charge is 0.152 e. The molecule has 182 valence electrons. The third kappa shape index (κ3) is 4.45. The number of hydrogen-bond acceptors (Lipinski definition) is 8. The van der Waals surface area contributed by atoms with Gasteiger partial charge in [0.05, 0.1) is 5.69 Å². The van der Waals surface area contributed by atoms with Crippen LogP contribution in [0.2, 0.25) is 0 Å². The van der Waals surface area contributed by atoms with Crippen molar-refractivity contribution in [2.24, 2.45) is 0 Å². The Hall–Kier alpha value is -3.55. The van der Waals surface area contributed by atoms with E-state index in [1.54, 1.807) is 19.1 Å². The van der Waals surface area contributed by atoms with Gasteiger partial charge in [-0.1, -0.05) is 0 Å². The third-order valence-electron chi connectivity index (χ3n) is 7.11. The molecule has 2 aromatic heterocycles. The molecule has 0 spiro atoms. The minimum absolute atomic E-state index is 0.152. The second-order valence-electron chi connectivity index (χ2n) is 9.39. The number of halogens is 1. The highest BCUT2D eigenvalue weighted by Gasteiger charge is 2.39. The molecular weight excluding hydrogens is 447 g/mol. The van der Waals surface area contributed by atoms with Crippen LogP contribution in [0, 0.1) is 24.1 Å². The second kappa shape index (κ2) is 9.24. The summed E-state index contributed by atoms with van der Waals surface area (Å²) < 4.78 is 15.9. The van der Waals surface area contributed by atoms with Crippen LogP contribution in [0.25, 0.3) is 11.3 Å². The van der Waals surface area contributed by atoms with E-state index in [1.165, 1.54) is 18.8 Å². The fraction of sp³-hybridized carbons (Fsp3) is 0.440. The molecule has 3 N–H and O–H groups in total. The van der Waals surface area contributed by atoms with Crippen LogP contribution in [0.3, 0.4) is 0 Å². The van der Waals surface area contributed by atoms with E-state index in [0.717, 1.165) is 37.4 Å². The molecule has 4 heterocycles. The molecule has 10 heteroatoms. The quantitative estimate of drug-likeness (QED) is 0.557. The number of rotatable bonds is 6. The highest BCUT2D eigenvalue weighted by molar-refractivity contribution is 5.63. The Kier molecular flexibility index (Phi) is 6.13. The first-order chi connectivity index (χ1) is 16.9. The SMILES string of the molecule is Cc1cc(-c2cn(CCN3CCC3)c(C3(O)CCN(c4ncnc(N)c4C#N)CC3)n2)ccc1F. The van der Waals surface area contributed by atoms with Crippen molar-refractivity contribution in [3.05, 3.63) is 53.5 Å². The maximum Gasteiger partial charge on any atom is 0.152 e. The Morgan fingerprint density at radius 1 is 1.17 bits per heavy atom. The largest absolute Gasteiger partial charge is 0.382 e. The number of nitriles is 1. The van der Waals surface area contributed by atoms with Crippen LogP contribution in [0.4, 0.5) is 16.0 Å². The molecule has 0 bridgehead atoms. The lowest BCUT2D eigenvalue weighted by atomic mass is 9.90. The molecule has 0 amide bonds. The predicted octanol–water partition coefficient (Wildman–Crippen LogP) is 2.44. The van der Waals surface area contributed by atoms with Gasteiger partial charge in [-0.25, -0.2) is 19.3 Å². The van der Waals surface area contributed by atoms with E-state index >= 15 is 0 Å². The Morgan fingerprint density at radius 2 is 1.94 bits per heavy atom. The molecule has 2 fully saturated rings. The summed E-state index contributed by atoms with van der Waals surface area (Å²) in [5.74, 6) is 1.02. The molecule has 0 radical (unpaired) electrons. The number of benzene rings is 1. The zero-order valence-electron chi connectivity index (χ0n) is 19.8. The van der Waals surface area contributed by atoms with Gasteiger partial charge >= 0.3 is 0 Å². The van der Waals surface area contributed by atoms with E-state index in [0.29, 0.717) is 43.1 Å². The normalized spacial score (nSPS) is 17.7. The van der Waals surface area contributed by atoms with Crippen LogP contribution in [-0.4, -0.2) is 62.2 Å². The number of hydrogen-bond donors (Lipinski definition) is 2. The van der Waals surface area contributed by atoms with Crippen molar-refractivity contribution in [2.75, 3.05) is 43.4 Å². The average Bonchev–Trinajstić information content (AvgIpc) is 3.25. The number of nitrogens with zero attached hydrogens (tertiary/aromatic N) is 7. The number of anilines is 2. The standard InChI is InChI=1S/C25H29FN8O/c1-17-13-18(3-4-20(17)26)21-15-34(12-11-32-7-2-8-32)24(31-21)25(35)5-9-33(10-6-25)23-19(14-27)22(28)29-16-30-23/h3-4,13,15-16,35H,2,5-12H2,1H3,(H2,28,29,30). The lowest BCUT2D eigenvalue weighted by molar-refractivity contribution is -0.000719. The summed E-state index contributed by atoms with van der Waals surface area (Å²) in [6, 6.07) is 7.06. The van der Waals surface area contributed by atoms with E-state index < -0.39 is 5.60 Å². The van der Waals surface area contributed by atoms with E-state index in [-0.39, 0.29) is 17.2 Å². The van der Waals surface area contributed by atoms with Gasteiger partial charge in [0.15, 0.2) is 5.82 Å². The van der Waals surface area contributed by atoms with Crippen molar-refractivity contribution >= 4 is 11.6 Å². The van der Waals surface area contributed by atoms with Crippen LogP contribution >= 0.6 is 0 Å². The van der Waals surface area contributed by atoms with Crippen molar-refractivity contribution in [1.82, 2.24) is 24.4 Å². The molecule has 2 saturated heterocycles. The molecule has 0 aliphatic carbocycles. The van der Waals surface area contributed by atoms with Crippen LogP contribution < -0.4 is 10.6 Å². The molecule has 0 atom stereocenters. The summed E-state index contributed by atoms with van der Waals surface area (Å²) in [6.07, 6.45) is 5.38. The van der Waals surface area contributed by atoms with Crippen molar-refractivity contribution in [3.63, 3.8) is 0 Å². The van der Waals surface area contributed by atoms with E-state index in [2.05, 4.69) is 20.9 Å². The predicted molar refractivity (Wildman–Crippen MR) is 130 cm³/mol. The van der Waals surface area contributed by atoms with Crippen LogP contribution in [0.1, 0.15) is 36.2 Å². The number of likely N-dealkylation sites (tertiary alicyclic amines) is 1. The molecule has 2 aliphatic heterocycles. The summed E-state index contributed by atoms with van der Waals surface area (Å²) in [7, 11) is 0. The lowest BCUT2D eigenvalue weighted by Crippen LogP contribution is -2.45. The van der Waals surface area contributed by atoms with E-state index in [4.69, 9.17) is 10.7 Å². The minimum Gasteiger partial charge on any atom is -0.382 e. The number of nitrogens with two attached hydrogens (primary N) is 1. The third-order valence-corrected chi connectivity index (χ3v) is 7.11. The van der Waals surface area contributed by atoms with Gasteiger partial charge in [0, 0.05) is 50.8 Å². The van der Waals surface area contributed by atoms with Crippen LogP contribution in [0.15, 0.2) is 30.7 Å². The monoisotopic (exact) mass is 476 g/mol. The first kappa shape index (κ1) is 23.2. The topological polar surface area (TPSA) is 120 Å². The molecule has 3 aromatic rings. The Morgan fingerprint density at radius 3 is 2.60 bits per heavy atom. The number of aliphatic hydroxyl groups is 1. The molecule has 9 nitrogen and oxygen atoms in total. The van der Waals surface area contributed by atoms with Crippen molar-refractivity contribution in [2.45, 2.75) is 38.3 Å². The van der Waals surface area contributed by atoms with Gasteiger partial charge in [0.25, 0.3) is 0 Å². The summed E-state index contributed by atoms with van der Waals surface area (Å²) >= 11 is 0. The number of imidazole rings is 1. The Bertz CT molecular complexity index is 1270. The number of nitrogen functional groups attached to an aromatic ring is 1. The molecule has 0 saturated carbocycles. The van der Waals surface area contributed by atoms with Gasteiger partial charge < -0.3 is 25.2 Å². The van der Waals surface area contributed by atoms with Crippen molar-refractivity contribution in [1.29, 1.82) is 5.26 Å². The summed E-state index contributed by atoms with van der Waals surface area (Å²) in [5.41, 5.74) is 7.08. The zero-order valence-corrected chi connectivity index (χ0v) is 19.8. The van der Waals surface area contributed by atoms with Crippen LogP contribution in [0.5, 0.6) is 0 Å². The van der Waals surface area contributed by atoms with Gasteiger partial charge in [-0.3, -0.25) is 0 Å². The summed E-state index contributed by atoms with van der Waals surface area (Å²) in [6.45, 7) is 6.51. The minimum atomic E-state index is -1.13. The first-order valence-electron chi connectivity index (χ1n) is 11.9. The van der Waals surface area contributed by atoms with Gasteiger partial charge in [-0.15, -0.1) is 0 Å². The van der Waals surface area contributed by atoms with Gasteiger partial charge in [-0.2, -0.15) is 5.26 Å². The molecular formula is C25H29FN8O.